The molecule has 0 saturated carbocycles. The van der Waals surface area contributed by atoms with Crippen LogP contribution < -0.4 is 0 Å². The van der Waals surface area contributed by atoms with Crippen LogP contribution in [-0.2, 0) is 17.9 Å². The molecule has 26 heavy (non-hydrogen) atoms. The largest absolute Gasteiger partial charge is 0.338 e. The Morgan fingerprint density at radius 3 is 2.81 bits per heavy atom. The molecule has 1 aromatic carbocycles. The van der Waals surface area contributed by atoms with E-state index in [1.165, 1.54) is 12.0 Å². The van der Waals surface area contributed by atoms with Gasteiger partial charge in [0.1, 0.15) is 0 Å². The molecule has 3 aliphatic heterocycles. The molecule has 1 aromatic heterocycles. The van der Waals surface area contributed by atoms with Crippen LogP contribution >= 0.6 is 0 Å². The van der Waals surface area contributed by atoms with Crippen molar-refractivity contribution < 1.29 is 4.79 Å². The van der Waals surface area contributed by atoms with Crippen molar-refractivity contribution in [3.8, 4) is 0 Å². The second-order valence-electron chi connectivity index (χ2n) is 7.73. The van der Waals surface area contributed by atoms with Crippen molar-refractivity contribution in [2.75, 3.05) is 19.6 Å². The second-order valence-corrected chi connectivity index (χ2v) is 7.73. The predicted octanol–water partition coefficient (Wildman–Crippen LogP) is 2.79. The SMILES string of the molecule is O=C(CCCn1ccnc1)N1C[C@@H]2CC[C@H]1CN(Cc1ccccc1)C2. The number of piperidine rings is 1. The second kappa shape index (κ2) is 8.04. The highest BCUT2D eigenvalue weighted by Crippen LogP contribution is 2.29. The Labute approximate surface area is 155 Å². The number of nitrogens with zero attached hydrogens (tertiary/aromatic N) is 4. The van der Waals surface area contributed by atoms with Crippen LogP contribution in [0.25, 0.3) is 0 Å². The van der Waals surface area contributed by atoms with E-state index in [1.807, 2.05) is 17.1 Å². The average Bonchev–Trinajstić information content (AvgIpc) is 3.02. The normalized spacial score (nSPS) is 23.2. The summed E-state index contributed by atoms with van der Waals surface area (Å²) in [4.78, 5) is 21.6. The lowest BCUT2D eigenvalue weighted by Gasteiger charge is -2.36. The van der Waals surface area contributed by atoms with Gasteiger partial charge >= 0.3 is 0 Å². The maximum absolute atomic E-state index is 12.8. The first kappa shape index (κ1) is 17.3. The van der Waals surface area contributed by atoms with E-state index in [2.05, 4.69) is 45.1 Å². The third kappa shape index (κ3) is 4.15. The van der Waals surface area contributed by atoms with Crippen LogP contribution in [0.5, 0.6) is 0 Å². The average molecular weight is 352 g/mol. The molecule has 2 atom stereocenters. The Kier molecular flexibility index (Phi) is 5.34. The van der Waals surface area contributed by atoms with E-state index in [9.17, 15) is 4.79 Å². The van der Waals surface area contributed by atoms with Gasteiger partial charge in [-0.25, -0.2) is 4.98 Å². The monoisotopic (exact) mass is 352 g/mol. The lowest BCUT2D eigenvalue weighted by molar-refractivity contribution is -0.135. The van der Waals surface area contributed by atoms with Crippen molar-refractivity contribution in [2.45, 2.75) is 44.8 Å². The summed E-state index contributed by atoms with van der Waals surface area (Å²) in [5.41, 5.74) is 1.37. The fourth-order valence-electron chi connectivity index (χ4n) is 4.43. The predicted molar refractivity (Wildman–Crippen MR) is 101 cm³/mol. The molecular formula is C21H28N4O. The number of imidazole rings is 1. The Bertz CT molecular complexity index is 700. The minimum atomic E-state index is 0.335. The maximum atomic E-state index is 12.8. The van der Waals surface area contributed by atoms with Crippen LogP contribution in [0.3, 0.4) is 0 Å². The fraction of sp³-hybridized carbons (Fsp3) is 0.524. The van der Waals surface area contributed by atoms with Gasteiger partial charge in [0, 0.05) is 57.6 Å². The first-order valence-corrected chi connectivity index (χ1v) is 9.79. The molecule has 0 N–H and O–H groups in total. The minimum Gasteiger partial charge on any atom is -0.338 e. The Hall–Kier alpha value is -2.14. The molecule has 3 saturated heterocycles. The number of carbonyl (C=O) groups is 1. The van der Waals surface area contributed by atoms with E-state index in [0.29, 0.717) is 24.3 Å². The standard InChI is InChI=1S/C21H28N4O/c26-21(7-4-11-23-12-10-22-17-23)25-15-19-8-9-20(25)16-24(14-19)13-18-5-2-1-3-6-18/h1-3,5-6,10,12,17,19-20H,4,7-9,11,13-16H2/t19-,20+/m1/s1. The Balaban J connectivity index is 1.33. The number of aryl methyl sites for hydroxylation is 1. The molecule has 0 aliphatic carbocycles. The smallest absolute Gasteiger partial charge is 0.222 e. The molecule has 5 nitrogen and oxygen atoms in total. The van der Waals surface area contributed by atoms with Gasteiger partial charge in [-0.15, -0.1) is 0 Å². The third-order valence-corrected chi connectivity index (χ3v) is 5.72. The Morgan fingerprint density at radius 2 is 2.00 bits per heavy atom. The van der Waals surface area contributed by atoms with E-state index in [0.717, 1.165) is 45.6 Å². The Morgan fingerprint density at radius 1 is 1.12 bits per heavy atom. The minimum absolute atomic E-state index is 0.335. The number of fused-ring (bicyclic) bond motifs is 4. The van der Waals surface area contributed by atoms with Gasteiger partial charge in [-0.05, 0) is 30.7 Å². The summed E-state index contributed by atoms with van der Waals surface area (Å²) in [6.07, 6.45) is 9.51. The van der Waals surface area contributed by atoms with Gasteiger partial charge < -0.3 is 9.47 Å². The number of carbonyl (C=O) groups excluding carboxylic acids is 1. The van der Waals surface area contributed by atoms with Crippen molar-refractivity contribution in [3.05, 3.63) is 54.6 Å². The summed E-state index contributed by atoms with van der Waals surface area (Å²) >= 11 is 0. The van der Waals surface area contributed by atoms with E-state index < -0.39 is 0 Å². The van der Waals surface area contributed by atoms with Crippen LogP contribution in [0.4, 0.5) is 0 Å². The highest BCUT2D eigenvalue weighted by Gasteiger charge is 2.36. The molecule has 5 rings (SSSR count). The van der Waals surface area contributed by atoms with Gasteiger partial charge in [0.15, 0.2) is 0 Å². The molecular weight excluding hydrogens is 324 g/mol. The van der Waals surface area contributed by atoms with Crippen LogP contribution in [0.15, 0.2) is 49.1 Å². The van der Waals surface area contributed by atoms with Crippen molar-refractivity contribution in [1.82, 2.24) is 19.4 Å². The quantitative estimate of drug-likeness (QED) is 0.803. The van der Waals surface area contributed by atoms with Crippen LogP contribution in [0, 0.1) is 5.92 Å². The maximum Gasteiger partial charge on any atom is 0.222 e. The lowest BCUT2D eigenvalue weighted by atomic mass is 9.94. The number of benzene rings is 1. The number of rotatable bonds is 6. The van der Waals surface area contributed by atoms with E-state index in [1.54, 1.807) is 6.20 Å². The lowest BCUT2D eigenvalue weighted by Crippen LogP contribution is -2.47. The molecule has 0 spiro atoms. The number of hydrogen-bond acceptors (Lipinski definition) is 3. The number of hydrogen-bond donors (Lipinski definition) is 0. The zero-order valence-electron chi connectivity index (χ0n) is 15.3. The summed E-state index contributed by atoms with van der Waals surface area (Å²) in [5.74, 6) is 0.955. The van der Waals surface area contributed by atoms with Crippen LogP contribution in [0.2, 0.25) is 0 Å². The first-order chi connectivity index (χ1) is 12.8. The van der Waals surface area contributed by atoms with Gasteiger partial charge in [-0.3, -0.25) is 9.69 Å². The summed E-state index contributed by atoms with van der Waals surface area (Å²) in [5, 5.41) is 0. The molecule has 3 fully saturated rings. The van der Waals surface area contributed by atoms with Gasteiger partial charge in [0.2, 0.25) is 5.91 Å². The first-order valence-electron chi connectivity index (χ1n) is 9.79. The van der Waals surface area contributed by atoms with Gasteiger partial charge in [0.25, 0.3) is 0 Å². The topological polar surface area (TPSA) is 41.4 Å². The summed E-state index contributed by atoms with van der Waals surface area (Å²) in [6.45, 7) is 4.94. The molecule has 5 heteroatoms. The van der Waals surface area contributed by atoms with Crippen molar-refractivity contribution in [2.24, 2.45) is 5.92 Å². The molecule has 138 valence electrons. The van der Waals surface area contributed by atoms with Crippen LogP contribution in [-0.4, -0.2) is 50.9 Å². The van der Waals surface area contributed by atoms with E-state index in [4.69, 9.17) is 0 Å². The van der Waals surface area contributed by atoms with Gasteiger partial charge in [0.05, 0.1) is 6.33 Å². The molecule has 0 unspecified atom stereocenters. The molecule has 1 amide bonds. The summed E-state index contributed by atoms with van der Waals surface area (Å²) < 4.78 is 2.05. The molecule has 2 aromatic rings. The molecule has 2 bridgehead atoms. The highest BCUT2D eigenvalue weighted by molar-refractivity contribution is 5.76. The number of aromatic nitrogens is 2. The zero-order chi connectivity index (χ0) is 17.8. The summed E-state index contributed by atoms with van der Waals surface area (Å²) in [6, 6.07) is 11.1. The third-order valence-electron chi connectivity index (χ3n) is 5.72. The fourth-order valence-corrected chi connectivity index (χ4v) is 4.43. The van der Waals surface area contributed by atoms with Crippen LogP contribution in [0.1, 0.15) is 31.2 Å². The van der Waals surface area contributed by atoms with Crippen molar-refractivity contribution in [3.63, 3.8) is 0 Å². The molecule has 4 heterocycles. The molecule has 0 radical (unpaired) electrons. The highest BCUT2D eigenvalue weighted by atomic mass is 16.2. The number of amides is 1. The van der Waals surface area contributed by atoms with Crippen molar-refractivity contribution >= 4 is 5.91 Å². The summed E-state index contributed by atoms with van der Waals surface area (Å²) in [7, 11) is 0. The van der Waals surface area contributed by atoms with E-state index >= 15 is 0 Å². The van der Waals surface area contributed by atoms with Gasteiger partial charge in [-0.2, -0.15) is 0 Å². The van der Waals surface area contributed by atoms with E-state index in [-0.39, 0.29) is 0 Å². The zero-order valence-corrected chi connectivity index (χ0v) is 15.3. The van der Waals surface area contributed by atoms with Gasteiger partial charge in [-0.1, -0.05) is 30.3 Å². The van der Waals surface area contributed by atoms with Crippen molar-refractivity contribution in [1.29, 1.82) is 0 Å². The molecule has 3 aliphatic rings.